The van der Waals surface area contributed by atoms with E-state index >= 15 is 0 Å². The van der Waals surface area contributed by atoms with Gasteiger partial charge in [-0.3, -0.25) is 9.59 Å². The van der Waals surface area contributed by atoms with Crippen LogP contribution in [-0.2, 0) is 16.1 Å². The molecule has 0 radical (unpaired) electrons. The van der Waals surface area contributed by atoms with Crippen molar-refractivity contribution in [3.8, 4) is 28.5 Å². The molecule has 4 aromatic rings. The Labute approximate surface area is 283 Å². The lowest BCUT2D eigenvalue weighted by Crippen LogP contribution is -2.51. The Balaban J connectivity index is 1.48. The van der Waals surface area contributed by atoms with E-state index in [2.05, 4.69) is 27.4 Å². The van der Waals surface area contributed by atoms with Gasteiger partial charge in [0.15, 0.2) is 5.16 Å². The third-order valence-electron chi connectivity index (χ3n) is 7.88. The minimum Gasteiger partial charge on any atom is -0.497 e. The standard InChI is InChI=1S/C35H39N5O5S2/c1-22-17-23(2)37-35(36-22)47-21-32(41)40(19-31-38-29(20-46-31)24-11-13-26(43-3)14-12-24)33(25-9-7-6-8-10-25)34(42)39-28-16-15-27(44-4)18-30(28)45-5/h6-7,11-18,20,25,33H,8-10,19,21H2,1-5H3,(H,39,42). The Bertz CT molecular complexity index is 1710. The smallest absolute Gasteiger partial charge is 0.247 e. The van der Waals surface area contributed by atoms with E-state index in [0.29, 0.717) is 28.8 Å². The van der Waals surface area contributed by atoms with Gasteiger partial charge in [-0.1, -0.05) is 23.9 Å². The molecule has 0 bridgehead atoms. The van der Waals surface area contributed by atoms with Crippen molar-refractivity contribution in [1.29, 1.82) is 0 Å². The van der Waals surface area contributed by atoms with E-state index in [1.807, 2.05) is 49.6 Å². The van der Waals surface area contributed by atoms with Gasteiger partial charge in [0, 0.05) is 28.4 Å². The van der Waals surface area contributed by atoms with Crippen molar-refractivity contribution in [3.05, 3.63) is 82.5 Å². The average Bonchev–Trinajstić information content (AvgIpc) is 3.56. The first-order valence-corrected chi connectivity index (χ1v) is 17.2. The fraction of sp³-hybridized carbons (Fsp3) is 0.343. The summed E-state index contributed by atoms with van der Waals surface area (Å²) in [6.07, 6.45) is 6.48. The van der Waals surface area contributed by atoms with Crippen molar-refractivity contribution in [1.82, 2.24) is 19.9 Å². The predicted octanol–water partition coefficient (Wildman–Crippen LogP) is 6.73. The first-order chi connectivity index (χ1) is 22.8. The average molecular weight is 674 g/mol. The second-order valence-corrected chi connectivity index (χ2v) is 13.0. The van der Waals surface area contributed by atoms with Crippen molar-refractivity contribution in [2.75, 3.05) is 32.4 Å². The number of carbonyl (C=O) groups is 2. The lowest BCUT2D eigenvalue weighted by Gasteiger charge is -2.36. The Morgan fingerprint density at radius 3 is 2.34 bits per heavy atom. The molecular weight excluding hydrogens is 635 g/mol. The minimum atomic E-state index is -0.770. The lowest BCUT2D eigenvalue weighted by molar-refractivity contribution is -0.139. The quantitative estimate of drug-likeness (QED) is 0.0937. The number of aryl methyl sites for hydroxylation is 2. The number of allylic oxidation sites excluding steroid dienone is 2. The summed E-state index contributed by atoms with van der Waals surface area (Å²) in [5, 5.41) is 6.28. The summed E-state index contributed by atoms with van der Waals surface area (Å²) >= 11 is 2.73. The van der Waals surface area contributed by atoms with E-state index in [1.165, 1.54) is 23.1 Å². The second-order valence-electron chi connectivity index (χ2n) is 11.1. The molecule has 0 saturated heterocycles. The monoisotopic (exact) mass is 673 g/mol. The number of benzene rings is 2. The molecule has 2 aromatic heterocycles. The molecule has 2 heterocycles. The zero-order valence-electron chi connectivity index (χ0n) is 27.2. The fourth-order valence-corrected chi connectivity index (χ4v) is 7.19. The van der Waals surface area contributed by atoms with Crippen LogP contribution in [0.5, 0.6) is 17.2 Å². The normalized spacial score (nSPS) is 14.7. The van der Waals surface area contributed by atoms with Gasteiger partial charge in [-0.05, 0) is 81.5 Å². The van der Waals surface area contributed by atoms with Gasteiger partial charge >= 0.3 is 0 Å². The molecule has 0 aliphatic heterocycles. The van der Waals surface area contributed by atoms with Gasteiger partial charge in [-0.2, -0.15) is 0 Å². The van der Waals surface area contributed by atoms with Crippen LogP contribution in [0.4, 0.5) is 5.69 Å². The zero-order valence-corrected chi connectivity index (χ0v) is 28.8. The number of ether oxygens (including phenoxy) is 3. The van der Waals surface area contributed by atoms with E-state index < -0.39 is 6.04 Å². The number of nitrogens with one attached hydrogen (secondary N) is 1. The molecule has 246 valence electrons. The Kier molecular flexibility index (Phi) is 11.5. The van der Waals surface area contributed by atoms with Gasteiger partial charge in [0.1, 0.15) is 28.3 Å². The lowest BCUT2D eigenvalue weighted by atomic mass is 9.86. The van der Waals surface area contributed by atoms with Crippen LogP contribution >= 0.6 is 23.1 Å². The Hall–Kier alpha value is -4.42. The highest BCUT2D eigenvalue weighted by molar-refractivity contribution is 7.99. The molecule has 5 rings (SSSR count). The number of nitrogens with zero attached hydrogens (tertiary/aromatic N) is 4. The summed E-state index contributed by atoms with van der Waals surface area (Å²) in [4.78, 5) is 44.2. The topological polar surface area (TPSA) is 116 Å². The van der Waals surface area contributed by atoms with Gasteiger partial charge in [0.25, 0.3) is 0 Å². The van der Waals surface area contributed by atoms with Gasteiger partial charge < -0.3 is 24.4 Å². The molecule has 2 aromatic carbocycles. The summed E-state index contributed by atoms with van der Waals surface area (Å²) < 4.78 is 16.2. The van der Waals surface area contributed by atoms with Crippen molar-refractivity contribution in [3.63, 3.8) is 0 Å². The molecule has 1 aliphatic carbocycles. The molecule has 47 heavy (non-hydrogen) atoms. The second kappa shape index (κ2) is 15.9. The van der Waals surface area contributed by atoms with E-state index in [-0.39, 0.29) is 30.0 Å². The molecule has 2 amide bonds. The number of methoxy groups -OCH3 is 3. The van der Waals surface area contributed by atoms with Gasteiger partial charge in [-0.15, -0.1) is 11.3 Å². The first-order valence-electron chi connectivity index (χ1n) is 15.3. The van der Waals surface area contributed by atoms with Gasteiger partial charge in [-0.25, -0.2) is 15.0 Å². The molecule has 10 nitrogen and oxygen atoms in total. The third-order valence-corrected chi connectivity index (χ3v) is 9.54. The van der Waals surface area contributed by atoms with Crippen molar-refractivity contribution < 1.29 is 23.8 Å². The molecular formula is C35H39N5O5S2. The molecule has 0 fully saturated rings. The Morgan fingerprint density at radius 1 is 0.957 bits per heavy atom. The van der Waals surface area contributed by atoms with Crippen LogP contribution in [-0.4, -0.2) is 64.8 Å². The van der Waals surface area contributed by atoms with Crippen LogP contribution in [0.3, 0.4) is 0 Å². The summed E-state index contributed by atoms with van der Waals surface area (Å²) in [5.74, 6) is 1.30. The number of hydrogen-bond acceptors (Lipinski definition) is 10. The van der Waals surface area contributed by atoms with E-state index in [1.54, 1.807) is 44.4 Å². The first kappa shape index (κ1) is 33.9. The zero-order chi connectivity index (χ0) is 33.3. The third kappa shape index (κ3) is 8.69. The highest BCUT2D eigenvalue weighted by Crippen LogP contribution is 2.33. The van der Waals surface area contributed by atoms with Crippen LogP contribution in [0.2, 0.25) is 0 Å². The largest absolute Gasteiger partial charge is 0.497 e. The maximum absolute atomic E-state index is 14.3. The van der Waals surface area contributed by atoms with E-state index in [9.17, 15) is 9.59 Å². The van der Waals surface area contributed by atoms with Gasteiger partial charge in [0.05, 0.1) is 45.0 Å². The van der Waals surface area contributed by atoms with Gasteiger partial charge in [0.2, 0.25) is 11.8 Å². The van der Waals surface area contributed by atoms with Crippen LogP contribution in [0, 0.1) is 19.8 Å². The highest BCUT2D eigenvalue weighted by atomic mass is 32.2. The van der Waals surface area contributed by atoms with Crippen molar-refractivity contribution in [2.24, 2.45) is 5.92 Å². The van der Waals surface area contributed by atoms with Crippen LogP contribution in [0.25, 0.3) is 11.3 Å². The fourth-order valence-electron chi connectivity index (χ4n) is 5.55. The molecule has 1 aliphatic rings. The summed E-state index contributed by atoms with van der Waals surface area (Å²) in [5.41, 5.74) is 3.89. The van der Waals surface area contributed by atoms with Crippen LogP contribution < -0.4 is 19.5 Å². The SMILES string of the molecule is COc1ccc(-c2csc(CN(C(=O)CSc3nc(C)cc(C)n3)C(C(=O)Nc3ccc(OC)cc3OC)C3CC=CCC3)n2)cc1. The van der Waals surface area contributed by atoms with Crippen molar-refractivity contribution >= 4 is 40.6 Å². The predicted molar refractivity (Wildman–Crippen MR) is 185 cm³/mol. The number of thioether (sulfide) groups is 1. The van der Waals surface area contributed by atoms with E-state index in [0.717, 1.165) is 46.2 Å². The summed E-state index contributed by atoms with van der Waals surface area (Å²) in [7, 11) is 4.74. The molecule has 1 N–H and O–H groups in total. The van der Waals surface area contributed by atoms with Crippen LogP contribution in [0.15, 0.2) is 71.2 Å². The Morgan fingerprint density at radius 2 is 1.68 bits per heavy atom. The number of hydrogen-bond donors (Lipinski definition) is 1. The van der Waals surface area contributed by atoms with Crippen molar-refractivity contribution in [2.45, 2.75) is 50.9 Å². The number of anilines is 1. The molecule has 2 atom stereocenters. The molecule has 0 spiro atoms. The molecule has 0 saturated carbocycles. The highest BCUT2D eigenvalue weighted by Gasteiger charge is 2.37. The number of aromatic nitrogens is 3. The number of thiazole rings is 1. The summed E-state index contributed by atoms with van der Waals surface area (Å²) in [6.45, 7) is 3.98. The minimum absolute atomic E-state index is 0.0673. The molecule has 2 unspecified atom stereocenters. The molecule has 12 heteroatoms. The maximum atomic E-state index is 14.3. The van der Waals surface area contributed by atoms with Crippen LogP contribution in [0.1, 0.15) is 35.7 Å². The summed E-state index contributed by atoms with van der Waals surface area (Å²) in [6, 6.07) is 14.0. The number of rotatable bonds is 13. The number of amides is 2. The maximum Gasteiger partial charge on any atom is 0.247 e. The van der Waals surface area contributed by atoms with E-state index in [4.69, 9.17) is 19.2 Å². The number of carbonyl (C=O) groups excluding carboxylic acids is 2.